The van der Waals surface area contributed by atoms with Gasteiger partial charge in [0.2, 0.25) is 18.6 Å². The number of hydrogen-bond donors (Lipinski definition) is 2. The second-order valence-corrected chi connectivity index (χ2v) is 10.6. The van der Waals surface area contributed by atoms with E-state index in [4.69, 9.17) is 9.47 Å². The van der Waals surface area contributed by atoms with Crippen LogP contribution in [0.3, 0.4) is 0 Å². The highest BCUT2D eigenvalue weighted by atomic mass is 32.2. The minimum atomic E-state index is -3.68. The van der Waals surface area contributed by atoms with Gasteiger partial charge in [-0.1, -0.05) is 13.0 Å². The molecule has 2 aliphatic rings. The molecule has 2 heterocycles. The van der Waals surface area contributed by atoms with E-state index in [-0.39, 0.29) is 48.1 Å². The van der Waals surface area contributed by atoms with Gasteiger partial charge in [-0.25, -0.2) is 8.42 Å². The maximum absolute atomic E-state index is 12.7. The third kappa shape index (κ3) is 4.96. The largest absolute Gasteiger partial charge is 0.454 e. The molecule has 1 atom stereocenters. The highest BCUT2D eigenvalue weighted by Gasteiger charge is 2.23. The van der Waals surface area contributed by atoms with Gasteiger partial charge in [-0.15, -0.1) is 11.8 Å². The Morgan fingerprint density at radius 3 is 2.84 bits per heavy atom. The highest BCUT2D eigenvalue weighted by molar-refractivity contribution is 7.99. The number of amides is 2. The molecule has 2 aliphatic heterocycles. The number of benzene rings is 2. The molecule has 1 unspecified atom stereocenters. The normalized spacial score (nSPS) is 17.5. The number of nitrogens with one attached hydrogen (secondary N) is 2. The summed E-state index contributed by atoms with van der Waals surface area (Å²) >= 11 is 1.51. The number of anilines is 1. The first kappa shape index (κ1) is 21.5. The Morgan fingerprint density at radius 1 is 1.19 bits per heavy atom. The van der Waals surface area contributed by atoms with E-state index in [1.54, 1.807) is 18.2 Å². The van der Waals surface area contributed by atoms with Gasteiger partial charge in [-0.3, -0.25) is 9.59 Å². The van der Waals surface area contributed by atoms with Crippen molar-refractivity contribution in [2.45, 2.75) is 29.7 Å². The molecule has 0 aromatic heterocycles. The van der Waals surface area contributed by atoms with Crippen molar-refractivity contribution in [3.63, 3.8) is 0 Å². The lowest BCUT2D eigenvalue weighted by molar-refractivity contribution is -0.121. The third-order valence-corrected chi connectivity index (χ3v) is 8.08. The molecule has 0 saturated carbocycles. The second-order valence-electron chi connectivity index (χ2n) is 7.39. The molecule has 0 radical (unpaired) electrons. The number of carbonyl (C=O) groups excluding carboxylic acids is 2. The molecular weight excluding hydrogens is 440 g/mol. The van der Waals surface area contributed by atoms with Gasteiger partial charge in [0, 0.05) is 29.5 Å². The summed E-state index contributed by atoms with van der Waals surface area (Å²) in [5.41, 5.74) is 1.32. The minimum absolute atomic E-state index is 0.0882. The summed E-state index contributed by atoms with van der Waals surface area (Å²) in [7, 11) is -3.68. The van der Waals surface area contributed by atoms with E-state index in [9.17, 15) is 18.0 Å². The molecule has 2 aromatic carbocycles. The number of sulfone groups is 1. The van der Waals surface area contributed by atoms with E-state index < -0.39 is 9.84 Å². The number of carbonyl (C=O) groups is 2. The van der Waals surface area contributed by atoms with Crippen molar-refractivity contribution in [2.24, 2.45) is 5.92 Å². The van der Waals surface area contributed by atoms with Crippen LogP contribution in [0.2, 0.25) is 0 Å². The van der Waals surface area contributed by atoms with Gasteiger partial charge in [-0.05, 0) is 35.9 Å². The van der Waals surface area contributed by atoms with Crippen molar-refractivity contribution in [3.05, 3.63) is 42.0 Å². The molecule has 2 N–H and O–H groups in total. The fourth-order valence-corrected chi connectivity index (χ4v) is 5.43. The molecule has 8 nitrogen and oxygen atoms in total. The van der Waals surface area contributed by atoms with Crippen LogP contribution < -0.4 is 20.1 Å². The topological polar surface area (TPSA) is 111 Å². The molecule has 4 rings (SSSR count). The van der Waals surface area contributed by atoms with E-state index in [0.29, 0.717) is 22.9 Å². The van der Waals surface area contributed by atoms with Crippen LogP contribution in [-0.2, 0) is 26.0 Å². The van der Waals surface area contributed by atoms with Crippen molar-refractivity contribution in [3.8, 4) is 11.5 Å². The average Bonchev–Trinajstić information content (AvgIpc) is 3.17. The zero-order chi connectivity index (χ0) is 22.0. The molecule has 10 heteroatoms. The van der Waals surface area contributed by atoms with Crippen molar-refractivity contribution in [2.75, 3.05) is 23.6 Å². The maximum atomic E-state index is 12.7. The van der Waals surface area contributed by atoms with Gasteiger partial charge in [0.15, 0.2) is 21.3 Å². The summed E-state index contributed by atoms with van der Waals surface area (Å²) in [5.74, 6) is 0.927. The Labute approximate surface area is 184 Å². The molecular formula is C21H22N2O6S2. The Hall–Kier alpha value is -2.72. The molecule has 0 saturated heterocycles. The molecule has 2 aromatic rings. The molecule has 164 valence electrons. The smallest absolute Gasteiger partial charge is 0.231 e. The van der Waals surface area contributed by atoms with E-state index in [1.165, 1.54) is 23.9 Å². The van der Waals surface area contributed by atoms with Crippen LogP contribution in [-0.4, -0.2) is 38.5 Å². The molecule has 0 aliphatic carbocycles. The van der Waals surface area contributed by atoms with E-state index >= 15 is 0 Å². The van der Waals surface area contributed by atoms with Gasteiger partial charge in [-0.2, -0.15) is 0 Å². The lowest BCUT2D eigenvalue weighted by Crippen LogP contribution is -2.25. The second kappa shape index (κ2) is 8.80. The summed E-state index contributed by atoms with van der Waals surface area (Å²) in [6, 6.07) is 10.1. The number of fused-ring (bicyclic) bond motifs is 2. The van der Waals surface area contributed by atoms with E-state index in [1.807, 2.05) is 13.0 Å². The summed E-state index contributed by atoms with van der Waals surface area (Å²) in [5, 5.41) is 5.51. The van der Waals surface area contributed by atoms with Gasteiger partial charge in [0.1, 0.15) is 0 Å². The zero-order valence-electron chi connectivity index (χ0n) is 16.8. The van der Waals surface area contributed by atoms with E-state index in [0.717, 1.165) is 10.5 Å². The lowest BCUT2D eigenvalue weighted by atomic mass is 10.2. The first-order valence-electron chi connectivity index (χ1n) is 9.77. The summed E-state index contributed by atoms with van der Waals surface area (Å²) in [6.07, 6.45) is -0.165. The third-order valence-electron chi connectivity index (χ3n) is 5.03. The van der Waals surface area contributed by atoms with Crippen LogP contribution >= 0.6 is 11.8 Å². The minimum Gasteiger partial charge on any atom is -0.454 e. The average molecular weight is 463 g/mol. The molecule has 0 spiro atoms. The Kier molecular flexibility index (Phi) is 6.10. The number of ether oxygens (including phenoxy) is 2. The SMILES string of the molecule is CC1CSc2ccc(S(=O)(=O)CCC(=O)NCc3ccc4c(c3)OCO4)cc2NC1=O. The van der Waals surface area contributed by atoms with Gasteiger partial charge >= 0.3 is 0 Å². The fourth-order valence-electron chi connectivity index (χ4n) is 3.16. The summed E-state index contributed by atoms with van der Waals surface area (Å²) in [4.78, 5) is 25.2. The number of thioether (sulfide) groups is 1. The molecule has 0 bridgehead atoms. The van der Waals surface area contributed by atoms with Crippen LogP contribution in [0, 0.1) is 5.92 Å². The van der Waals surface area contributed by atoms with Crippen molar-refractivity contribution in [1.29, 1.82) is 0 Å². The fraction of sp³-hybridized carbons (Fsp3) is 0.333. The molecule has 2 amide bonds. The summed E-state index contributed by atoms with van der Waals surface area (Å²) < 4.78 is 36.0. The number of hydrogen-bond acceptors (Lipinski definition) is 7. The van der Waals surface area contributed by atoms with E-state index in [2.05, 4.69) is 10.6 Å². The quantitative estimate of drug-likeness (QED) is 0.679. The predicted octanol–water partition coefficient (Wildman–Crippen LogP) is 2.58. The van der Waals surface area contributed by atoms with Crippen LogP contribution in [0.15, 0.2) is 46.2 Å². The van der Waals surface area contributed by atoms with Crippen molar-refractivity contribution in [1.82, 2.24) is 5.32 Å². The lowest BCUT2D eigenvalue weighted by Gasteiger charge is -2.10. The van der Waals surface area contributed by atoms with Crippen LogP contribution in [0.25, 0.3) is 0 Å². The number of rotatable bonds is 6. The van der Waals surface area contributed by atoms with Gasteiger partial charge in [0.25, 0.3) is 0 Å². The predicted molar refractivity (Wildman–Crippen MR) is 116 cm³/mol. The highest BCUT2D eigenvalue weighted by Crippen LogP contribution is 2.34. The van der Waals surface area contributed by atoms with Gasteiger partial charge in [0.05, 0.1) is 16.3 Å². The Balaban J connectivity index is 1.35. The van der Waals surface area contributed by atoms with Gasteiger partial charge < -0.3 is 20.1 Å². The van der Waals surface area contributed by atoms with Crippen LogP contribution in [0.4, 0.5) is 5.69 Å². The van der Waals surface area contributed by atoms with Crippen LogP contribution in [0.1, 0.15) is 18.9 Å². The summed E-state index contributed by atoms with van der Waals surface area (Å²) in [6.45, 7) is 2.26. The standard InChI is InChI=1S/C21H22N2O6S2/c1-13-11-30-19-5-3-15(9-16(19)23-21(13)25)31(26,27)7-6-20(24)22-10-14-2-4-17-18(8-14)29-12-28-17/h2-5,8-9,13H,6-7,10-12H2,1H3,(H,22,24)(H,23,25). The Morgan fingerprint density at radius 2 is 2.00 bits per heavy atom. The van der Waals surface area contributed by atoms with Crippen molar-refractivity contribution < 1.29 is 27.5 Å². The monoisotopic (exact) mass is 462 g/mol. The first-order chi connectivity index (χ1) is 14.8. The maximum Gasteiger partial charge on any atom is 0.231 e. The molecule has 0 fully saturated rings. The molecule has 31 heavy (non-hydrogen) atoms. The van der Waals surface area contributed by atoms with Crippen molar-refractivity contribution >= 4 is 39.1 Å². The Bertz CT molecular complexity index is 1130. The zero-order valence-corrected chi connectivity index (χ0v) is 18.5. The van der Waals surface area contributed by atoms with Crippen LogP contribution in [0.5, 0.6) is 11.5 Å². The first-order valence-corrected chi connectivity index (χ1v) is 12.4.